The Morgan fingerprint density at radius 3 is 2.85 bits per heavy atom. The topological polar surface area (TPSA) is 117 Å². The fourth-order valence-electron chi connectivity index (χ4n) is 3.30. The molecule has 0 radical (unpaired) electrons. The predicted molar refractivity (Wildman–Crippen MR) is 125 cm³/mol. The molecular weight excluding hydrogens is 466 g/mol. The van der Waals surface area contributed by atoms with E-state index in [1.807, 2.05) is 0 Å². The zero-order valence-corrected chi connectivity index (χ0v) is 19.4. The zero-order chi connectivity index (χ0) is 23.5. The van der Waals surface area contributed by atoms with Crippen molar-refractivity contribution in [1.29, 1.82) is 0 Å². The van der Waals surface area contributed by atoms with Gasteiger partial charge in [-0.1, -0.05) is 23.9 Å². The van der Waals surface area contributed by atoms with Gasteiger partial charge in [-0.2, -0.15) is 0 Å². The summed E-state index contributed by atoms with van der Waals surface area (Å²) in [6.07, 6.45) is 1.52. The third kappa shape index (κ3) is 4.69. The summed E-state index contributed by atoms with van der Waals surface area (Å²) < 4.78 is 12.0. The number of hydrogen-bond acceptors (Lipinski definition) is 9. The fourth-order valence-corrected chi connectivity index (χ4v) is 5.36. The number of furan rings is 1. The van der Waals surface area contributed by atoms with Crippen LogP contribution in [-0.2, 0) is 17.0 Å². The van der Waals surface area contributed by atoms with E-state index in [2.05, 4.69) is 4.98 Å². The Bertz CT molecular complexity index is 1390. The van der Waals surface area contributed by atoms with Crippen molar-refractivity contribution in [2.24, 2.45) is 0 Å². The minimum atomic E-state index is -0.485. The zero-order valence-electron chi connectivity index (χ0n) is 17.8. The van der Waals surface area contributed by atoms with Gasteiger partial charge in [-0.05, 0) is 37.1 Å². The van der Waals surface area contributed by atoms with E-state index in [1.165, 1.54) is 34.7 Å². The summed E-state index contributed by atoms with van der Waals surface area (Å²) in [5.74, 6) is 0.460. The quantitative estimate of drug-likeness (QED) is 0.115. The highest BCUT2D eigenvalue weighted by Crippen LogP contribution is 2.31. The van der Waals surface area contributed by atoms with Gasteiger partial charge >= 0.3 is 5.97 Å². The monoisotopic (exact) mass is 485 g/mol. The molecule has 4 aromatic rings. The Labute approximate surface area is 196 Å². The lowest BCUT2D eigenvalue weighted by Crippen LogP contribution is -2.23. The maximum atomic E-state index is 13.5. The first-order chi connectivity index (χ1) is 15.9. The van der Waals surface area contributed by atoms with Gasteiger partial charge in [0.25, 0.3) is 11.2 Å². The molecular formula is C22H19N3O6S2. The second-order valence-electron chi connectivity index (χ2n) is 7.04. The van der Waals surface area contributed by atoms with E-state index in [-0.39, 0.29) is 24.4 Å². The van der Waals surface area contributed by atoms with Crippen LogP contribution in [0.5, 0.6) is 0 Å². The van der Waals surface area contributed by atoms with Gasteiger partial charge < -0.3 is 9.15 Å². The second-order valence-corrected chi connectivity index (χ2v) is 8.98. The predicted octanol–water partition coefficient (Wildman–Crippen LogP) is 4.78. The molecule has 0 aliphatic carbocycles. The summed E-state index contributed by atoms with van der Waals surface area (Å²) in [6.45, 7) is 3.82. The highest BCUT2D eigenvalue weighted by atomic mass is 32.2. The van der Waals surface area contributed by atoms with Gasteiger partial charge in [-0.3, -0.25) is 19.5 Å². The Morgan fingerprint density at radius 1 is 1.33 bits per heavy atom. The maximum Gasteiger partial charge on any atom is 0.348 e. The third-order valence-corrected chi connectivity index (χ3v) is 7.07. The number of hydrogen-bond donors (Lipinski definition) is 0. The van der Waals surface area contributed by atoms with Crippen molar-refractivity contribution in [3.63, 3.8) is 0 Å². The van der Waals surface area contributed by atoms with E-state index in [9.17, 15) is 19.7 Å². The van der Waals surface area contributed by atoms with E-state index < -0.39 is 10.9 Å². The van der Waals surface area contributed by atoms with Crippen molar-refractivity contribution in [3.8, 4) is 0 Å². The summed E-state index contributed by atoms with van der Waals surface area (Å²) in [6, 6.07) is 9.81. The Hall–Kier alpha value is -3.44. The van der Waals surface area contributed by atoms with E-state index in [1.54, 1.807) is 38.1 Å². The van der Waals surface area contributed by atoms with Crippen LogP contribution in [0.2, 0.25) is 0 Å². The minimum Gasteiger partial charge on any atom is -0.467 e. The van der Waals surface area contributed by atoms with E-state index in [0.717, 1.165) is 16.9 Å². The van der Waals surface area contributed by atoms with E-state index >= 15 is 0 Å². The Balaban J connectivity index is 1.77. The van der Waals surface area contributed by atoms with Crippen LogP contribution in [0, 0.1) is 17.0 Å². The first kappa shape index (κ1) is 22.7. The molecule has 0 N–H and O–H groups in total. The van der Waals surface area contributed by atoms with Gasteiger partial charge in [-0.15, -0.1) is 11.3 Å². The van der Waals surface area contributed by atoms with Gasteiger partial charge in [0.1, 0.15) is 15.5 Å². The van der Waals surface area contributed by atoms with Crippen molar-refractivity contribution in [2.45, 2.75) is 31.3 Å². The SMILES string of the molecule is CCOC(=O)c1sc2nc(SCc3cccc([N+](=O)[O-])c3)n(Cc3ccco3)c(=O)c2c1C. The van der Waals surface area contributed by atoms with E-state index in [0.29, 0.717) is 37.3 Å². The van der Waals surface area contributed by atoms with Gasteiger partial charge in [-0.25, -0.2) is 9.78 Å². The number of nitrogens with zero attached hydrogens (tertiary/aromatic N) is 3. The summed E-state index contributed by atoms with van der Waals surface area (Å²) in [7, 11) is 0. The van der Waals surface area contributed by atoms with Gasteiger partial charge in [0, 0.05) is 17.9 Å². The molecule has 0 fully saturated rings. The van der Waals surface area contributed by atoms with Crippen LogP contribution in [-0.4, -0.2) is 27.1 Å². The van der Waals surface area contributed by atoms with Crippen LogP contribution in [0.25, 0.3) is 10.2 Å². The molecule has 4 rings (SSSR count). The number of thiophene rings is 1. The smallest absolute Gasteiger partial charge is 0.348 e. The number of aryl methyl sites for hydroxylation is 1. The van der Waals surface area contributed by atoms with Crippen LogP contribution in [0.4, 0.5) is 5.69 Å². The molecule has 0 aliphatic heterocycles. The van der Waals surface area contributed by atoms with Gasteiger partial charge in [0.15, 0.2) is 5.16 Å². The molecule has 0 amide bonds. The molecule has 11 heteroatoms. The van der Waals surface area contributed by atoms with Crippen molar-refractivity contribution >= 4 is 45.0 Å². The van der Waals surface area contributed by atoms with Crippen LogP contribution < -0.4 is 5.56 Å². The highest BCUT2D eigenvalue weighted by Gasteiger charge is 2.23. The minimum absolute atomic E-state index is 0.00236. The van der Waals surface area contributed by atoms with Gasteiger partial charge in [0.05, 0.1) is 29.7 Å². The molecule has 0 saturated carbocycles. The molecule has 0 unspecified atom stereocenters. The number of esters is 1. The lowest BCUT2D eigenvalue weighted by atomic mass is 10.2. The van der Waals surface area contributed by atoms with E-state index in [4.69, 9.17) is 9.15 Å². The standard InChI is InChI=1S/C22H19N3O6S2/c1-3-30-21(27)18-13(2)17-19(33-18)23-22(24(20(17)26)11-16-8-5-9-31-16)32-12-14-6-4-7-15(10-14)25(28)29/h4-10H,3,11-12H2,1-2H3. The molecule has 9 nitrogen and oxygen atoms in total. The van der Waals surface area contributed by atoms with Crippen molar-refractivity contribution in [2.75, 3.05) is 6.61 Å². The molecule has 3 heterocycles. The maximum absolute atomic E-state index is 13.5. The number of non-ortho nitro benzene ring substituents is 1. The highest BCUT2D eigenvalue weighted by molar-refractivity contribution is 7.98. The number of nitro benzene ring substituents is 1. The normalized spacial score (nSPS) is 11.1. The molecule has 0 aliphatic rings. The van der Waals surface area contributed by atoms with Crippen molar-refractivity contribution < 1.29 is 18.9 Å². The number of fused-ring (bicyclic) bond motifs is 1. The number of rotatable bonds is 8. The number of thioether (sulfide) groups is 1. The molecule has 0 atom stereocenters. The Morgan fingerprint density at radius 2 is 2.15 bits per heavy atom. The molecule has 0 spiro atoms. The molecule has 33 heavy (non-hydrogen) atoms. The van der Waals surface area contributed by atoms with Crippen LogP contribution in [0.1, 0.15) is 33.5 Å². The molecule has 1 aromatic carbocycles. The summed E-state index contributed by atoms with van der Waals surface area (Å²) >= 11 is 2.40. The van der Waals surface area contributed by atoms with Crippen LogP contribution in [0.15, 0.2) is 57.0 Å². The lowest BCUT2D eigenvalue weighted by molar-refractivity contribution is -0.384. The number of benzene rings is 1. The average Bonchev–Trinajstić information content (AvgIpc) is 3.42. The number of nitro groups is 1. The summed E-state index contributed by atoms with van der Waals surface area (Å²) in [5, 5.41) is 11.9. The van der Waals surface area contributed by atoms with Crippen LogP contribution in [0.3, 0.4) is 0 Å². The van der Waals surface area contributed by atoms with Crippen LogP contribution >= 0.6 is 23.1 Å². The molecule has 3 aromatic heterocycles. The molecule has 0 bridgehead atoms. The second kappa shape index (κ2) is 9.59. The molecule has 0 saturated heterocycles. The van der Waals surface area contributed by atoms with Crippen molar-refractivity contribution in [1.82, 2.24) is 9.55 Å². The average molecular weight is 486 g/mol. The summed E-state index contributed by atoms with van der Waals surface area (Å²) in [5.41, 5.74) is 0.969. The van der Waals surface area contributed by atoms with Gasteiger partial charge in [0.2, 0.25) is 0 Å². The lowest BCUT2D eigenvalue weighted by Gasteiger charge is -2.11. The Kier molecular flexibility index (Phi) is 6.61. The summed E-state index contributed by atoms with van der Waals surface area (Å²) in [4.78, 5) is 41.9. The fraction of sp³-hybridized carbons (Fsp3) is 0.227. The number of carbonyl (C=O) groups excluding carboxylic acids is 1. The third-order valence-electron chi connectivity index (χ3n) is 4.86. The number of carbonyl (C=O) groups is 1. The number of ether oxygens (including phenoxy) is 1. The number of aromatic nitrogens is 2. The first-order valence-corrected chi connectivity index (χ1v) is 11.8. The largest absolute Gasteiger partial charge is 0.467 e. The van der Waals surface area contributed by atoms with Crippen molar-refractivity contribution in [3.05, 3.63) is 84.9 Å². The first-order valence-electron chi connectivity index (χ1n) is 9.98. The molecule has 170 valence electrons.